The third-order valence-corrected chi connectivity index (χ3v) is 3.68. The lowest BCUT2D eigenvalue weighted by atomic mass is 10.3. The van der Waals surface area contributed by atoms with Gasteiger partial charge >= 0.3 is 6.03 Å². The van der Waals surface area contributed by atoms with Crippen LogP contribution in [-0.4, -0.2) is 22.9 Å². The molecule has 0 bridgehead atoms. The largest absolute Gasteiger partial charge is 0.487 e. The number of aromatic nitrogens is 2. The lowest BCUT2D eigenvalue weighted by Gasteiger charge is -2.14. The van der Waals surface area contributed by atoms with Crippen molar-refractivity contribution in [2.75, 3.05) is 11.9 Å². The summed E-state index contributed by atoms with van der Waals surface area (Å²) in [5, 5.41) is 4.39. The van der Waals surface area contributed by atoms with Gasteiger partial charge in [-0.05, 0) is 54.6 Å². The fourth-order valence-electron chi connectivity index (χ4n) is 2.23. The Bertz CT molecular complexity index is 860. The van der Waals surface area contributed by atoms with E-state index in [1.165, 1.54) is 17.0 Å². The molecule has 1 aromatic heterocycles. The molecule has 0 fully saturated rings. The number of benzene rings is 2. The van der Waals surface area contributed by atoms with E-state index < -0.39 is 6.03 Å². The first kappa shape index (κ1) is 16.5. The Kier molecular flexibility index (Phi) is 4.65. The number of amides is 2. The molecular formula is C18H17FN4O2. The molecule has 0 aliphatic carbocycles. The molecule has 0 radical (unpaired) electrons. The number of hydrogen-bond donors (Lipinski definition) is 1. The Labute approximate surface area is 144 Å². The van der Waals surface area contributed by atoms with Crippen molar-refractivity contribution >= 4 is 11.7 Å². The highest BCUT2D eigenvalue weighted by Gasteiger charge is 2.07. The molecular weight excluding hydrogens is 323 g/mol. The molecule has 0 atom stereocenters. The predicted molar refractivity (Wildman–Crippen MR) is 92.3 cm³/mol. The summed E-state index contributed by atoms with van der Waals surface area (Å²) in [6.45, 7) is 0.291. The Morgan fingerprint density at radius 3 is 2.48 bits per heavy atom. The van der Waals surface area contributed by atoms with Crippen molar-refractivity contribution < 1.29 is 13.9 Å². The highest BCUT2D eigenvalue weighted by molar-refractivity contribution is 5.90. The fourth-order valence-corrected chi connectivity index (χ4v) is 2.23. The number of primary amides is 1. The topological polar surface area (TPSA) is 73.4 Å². The summed E-state index contributed by atoms with van der Waals surface area (Å²) in [5.41, 5.74) is 7.41. The SMILES string of the molecule is CN(C(N)=O)c1ccc(OCc2ccn(-c3ccc(F)cc3)n2)cc1. The molecule has 2 aromatic carbocycles. The van der Waals surface area contributed by atoms with E-state index in [-0.39, 0.29) is 5.82 Å². The lowest BCUT2D eigenvalue weighted by molar-refractivity contribution is 0.255. The maximum Gasteiger partial charge on any atom is 0.318 e. The van der Waals surface area contributed by atoms with Gasteiger partial charge in [-0.2, -0.15) is 5.10 Å². The van der Waals surface area contributed by atoms with Crippen molar-refractivity contribution in [1.29, 1.82) is 0 Å². The summed E-state index contributed by atoms with van der Waals surface area (Å²) < 4.78 is 20.3. The van der Waals surface area contributed by atoms with Crippen LogP contribution in [0.25, 0.3) is 5.69 Å². The van der Waals surface area contributed by atoms with E-state index in [0.29, 0.717) is 18.0 Å². The summed E-state index contributed by atoms with van der Waals surface area (Å²) in [4.78, 5) is 12.5. The van der Waals surface area contributed by atoms with Crippen LogP contribution >= 0.6 is 0 Å². The Morgan fingerprint density at radius 2 is 1.84 bits per heavy atom. The third-order valence-electron chi connectivity index (χ3n) is 3.68. The van der Waals surface area contributed by atoms with E-state index in [1.54, 1.807) is 54.3 Å². The third kappa shape index (κ3) is 3.95. The molecule has 25 heavy (non-hydrogen) atoms. The normalized spacial score (nSPS) is 10.5. The van der Waals surface area contributed by atoms with E-state index in [4.69, 9.17) is 10.5 Å². The van der Waals surface area contributed by atoms with Gasteiger partial charge in [-0.1, -0.05) is 0 Å². The number of carbonyl (C=O) groups is 1. The Balaban J connectivity index is 1.62. The van der Waals surface area contributed by atoms with Gasteiger partial charge < -0.3 is 10.5 Å². The number of hydrogen-bond acceptors (Lipinski definition) is 3. The van der Waals surface area contributed by atoms with Crippen LogP contribution in [0.3, 0.4) is 0 Å². The minimum absolute atomic E-state index is 0.287. The van der Waals surface area contributed by atoms with Gasteiger partial charge in [-0.25, -0.2) is 13.9 Å². The smallest absolute Gasteiger partial charge is 0.318 e. The molecule has 0 unspecified atom stereocenters. The summed E-state index contributed by atoms with van der Waals surface area (Å²) in [5.74, 6) is 0.364. The molecule has 2 N–H and O–H groups in total. The van der Waals surface area contributed by atoms with Gasteiger partial charge in [0.05, 0.1) is 5.69 Å². The van der Waals surface area contributed by atoms with Crippen molar-refractivity contribution in [3.63, 3.8) is 0 Å². The first-order chi connectivity index (χ1) is 12.0. The van der Waals surface area contributed by atoms with Gasteiger partial charge in [0.15, 0.2) is 0 Å². The monoisotopic (exact) mass is 340 g/mol. The number of halogens is 1. The second kappa shape index (κ2) is 7.04. The highest BCUT2D eigenvalue weighted by atomic mass is 19.1. The predicted octanol–water partition coefficient (Wildman–Crippen LogP) is 3.11. The van der Waals surface area contributed by atoms with Crippen molar-refractivity contribution in [2.45, 2.75) is 6.61 Å². The molecule has 0 aliphatic rings. The number of nitrogens with zero attached hydrogens (tertiary/aromatic N) is 3. The van der Waals surface area contributed by atoms with Crippen molar-refractivity contribution in [3.8, 4) is 11.4 Å². The van der Waals surface area contributed by atoms with Gasteiger partial charge in [0.25, 0.3) is 0 Å². The highest BCUT2D eigenvalue weighted by Crippen LogP contribution is 2.19. The van der Waals surface area contributed by atoms with E-state index in [2.05, 4.69) is 5.10 Å². The average molecular weight is 340 g/mol. The van der Waals surface area contributed by atoms with Crippen LogP contribution in [0.1, 0.15) is 5.69 Å². The number of anilines is 1. The van der Waals surface area contributed by atoms with Crippen LogP contribution in [0.2, 0.25) is 0 Å². The van der Waals surface area contributed by atoms with E-state index >= 15 is 0 Å². The second-order valence-electron chi connectivity index (χ2n) is 5.41. The maximum absolute atomic E-state index is 13.0. The summed E-state index contributed by atoms with van der Waals surface area (Å²) in [6.07, 6.45) is 1.79. The number of rotatable bonds is 5. The summed E-state index contributed by atoms with van der Waals surface area (Å²) >= 11 is 0. The molecule has 1 heterocycles. The van der Waals surface area contributed by atoms with E-state index in [0.717, 1.165) is 11.4 Å². The van der Waals surface area contributed by atoms with Crippen LogP contribution in [0.4, 0.5) is 14.9 Å². The van der Waals surface area contributed by atoms with E-state index in [1.807, 2.05) is 6.07 Å². The van der Waals surface area contributed by atoms with Gasteiger partial charge in [-0.15, -0.1) is 0 Å². The second-order valence-corrected chi connectivity index (χ2v) is 5.41. The molecule has 7 heteroatoms. The molecule has 128 valence electrons. The van der Waals surface area contributed by atoms with Gasteiger partial charge in [0.2, 0.25) is 0 Å². The minimum Gasteiger partial charge on any atom is -0.487 e. The molecule has 3 aromatic rings. The molecule has 0 spiro atoms. The zero-order valence-electron chi connectivity index (χ0n) is 13.6. The van der Waals surface area contributed by atoms with Crippen molar-refractivity contribution in [2.24, 2.45) is 5.73 Å². The number of carbonyl (C=O) groups excluding carboxylic acids is 1. The zero-order chi connectivity index (χ0) is 17.8. The average Bonchev–Trinajstić information content (AvgIpc) is 3.09. The van der Waals surface area contributed by atoms with E-state index in [9.17, 15) is 9.18 Å². The van der Waals surface area contributed by atoms with Gasteiger partial charge in [0.1, 0.15) is 23.9 Å². The molecule has 0 saturated heterocycles. The molecule has 0 saturated carbocycles. The number of ether oxygens (including phenoxy) is 1. The first-order valence-electron chi connectivity index (χ1n) is 7.59. The van der Waals surface area contributed by atoms with Gasteiger partial charge in [-0.3, -0.25) is 4.90 Å². The molecule has 2 amide bonds. The van der Waals surface area contributed by atoms with Crippen LogP contribution in [-0.2, 0) is 6.61 Å². The minimum atomic E-state index is -0.528. The van der Waals surface area contributed by atoms with Crippen LogP contribution in [0.5, 0.6) is 5.75 Å². The number of nitrogens with two attached hydrogens (primary N) is 1. The van der Waals surface area contributed by atoms with Crippen LogP contribution in [0, 0.1) is 5.82 Å². The van der Waals surface area contributed by atoms with Gasteiger partial charge in [0, 0.05) is 18.9 Å². The van der Waals surface area contributed by atoms with Crippen LogP contribution < -0.4 is 15.4 Å². The molecule has 6 nitrogen and oxygen atoms in total. The standard InChI is InChI=1S/C18H17FN4O2/c1-22(18(20)24)15-6-8-17(9-7-15)25-12-14-10-11-23(21-14)16-4-2-13(19)3-5-16/h2-11H,12H2,1H3,(H2,20,24). The summed E-state index contributed by atoms with van der Waals surface area (Å²) in [6, 6.07) is 14.4. The first-order valence-corrected chi connectivity index (χ1v) is 7.59. The molecule has 0 aliphatic heterocycles. The lowest BCUT2D eigenvalue weighted by Crippen LogP contribution is -2.31. The molecule has 3 rings (SSSR count). The number of urea groups is 1. The quantitative estimate of drug-likeness (QED) is 0.775. The van der Waals surface area contributed by atoms with Crippen LogP contribution in [0.15, 0.2) is 60.8 Å². The maximum atomic E-state index is 13.0. The Hall–Kier alpha value is -3.35. The van der Waals surface area contributed by atoms with Crippen molar-refractivity contribution in [1.82, 2.24) is 9.78 Å². The van der Waals surface area contributed by atoms with Crippen molar-refractivity contribution in [3.05, 3.63) is 72.3 Å². The zero-order valence-corrected chi connectivity index (χ0v) is 13.6. The summed E-state index contributed by atoms with van der Waals surface area (Å²) in [7, 11) is 1.60. The fraction of sp³-hybridized carbons (Fsp3) is 0.111. The Morgan fingerprint density at radius 1 is 1.16 bits per heavy atom.